The molecule has 1 aromatic carbocycles. The molecule has 7 heteroatoms. The minimum atomic E-state index is -0.903. The van der Waals surface area contributed by atoms with Crippen LogP contribution in [0.1, 0.15) is 42.5 Å². The second kappa shape index (κ2) is 6.30. The molecule has 1 aromatic rings. The first-order valence-corrected chi connectivity index (χ1v) is 7.12. The van der Waals surface area contributed by atoms with Gasteiger partial charge in [-0.25, -0.2) is 4.39 Å². The van der Waals surface area contributed by atoms with Crippen LogP contribution in [0.15, 0.2) is 23.4 Å². The van der Waals surface area contributed by atoms with E-state index in [1.807, 2.05) is 0 Å². The van der Waals surface area contributed by atoms with Crippen LogP contribution in [-0.2, 0) is 0 Å². The summed E-state index contributed by atoms with van der Waals surface area (Å²) in [7, 11) is 0. The van der Waals surface area contributed by atoms with Crippen molar-refractivity contribution in [3.63, 3.8) is 0 Å². The number of amidine groups is 1. The number of nitrogens with two attached hydrogens (primary N) is 1. The number of oxime groups is 1. The zero-order chi connectivity index (χ0) is 15.5. The fraction of sp³-hybridized carbons (Fsp3) is 0.429. The molecule has 0 bridgehead atoms. The number of hydrogen-bond donors (Lipinski definition) is 3. The first kappa shape index (κ1) is 15.6. The third-order valence-corrected chi connectivity index (χ3v) is 4.24. The second-order valence-electron chi connectivity index (χ2n) is 5.18. The average molecular weight is 314 g/mol. The molecule has 0 atom stereocenters. The Bertz CT molecular complexity index is 571. The van der Waals surface area contributed by atoms with E-state index in [0.717, 1.165) is 19.3 Å². The number of carbonyl (C=O) groups excluding carboxylic acids is 1. The summed E-state index contributed by atoms with van der Waals surface area (Å²) >= 11 is 5.82. The normalized spacial score (nSPS) is 18.3. The lowest BCUT2D eigenvalue weighted by Gasteiger charge is -2.36. The van der Waals surface area contributed by atoms with Crippen LogP contribution < -0.4 is 11.1 Å². The van der Waals surface area contributed by atoms with Gasteiger partial charge in [-0.3, -0.25) is 4.79 Å². The molecule has 0 aliphatic heterocycles. The van der Waals surface area contributed by atoms with E-state index >= 15 is 0 Å². The third-order valence-electron chi connectivity index (χ3n) is 3.85. The van der Waals surface area contributed by atoms with Crippen LogP contribution in [0.3, 0.4) is 0 Å². The third kappa shape index (κ3) is 3.10. The van der Waals surface area contributed by atoms with Crippen molar-refractivity contribution in [2.45, 2.75) is 37.6 Å². The molecule has 5 nitrogen and oxygen atoms in total. The van der Waals surface area contributed by atoms with E-state index in [1.54, 1.807) is 0 Å². The Labute approximate surface area is 127 Å². The van der Waals surface area contributed by atoms with Crippen molar-refractivity contribution in [3.05, 3.63) is 34.6 Å². The van der Waals surface area contributed by atoms with Crippen LogP contribution in [0.2, 0.25) is 5.02 Å². The summed E-state index contributed by atoms with van der Waals surface area (Å²) in [6.07, 6.45) is 3.88. The van der Waals surface area contributed by atoms with E-state index in [4.69, 9.17) is 22.5 Å². The van der Waals surface area contributed by atoms with Crippen LogP contribution in [0, 0.1) is 5.82 Å². The van der Waals surface area contributed by atoms with E-state index in [9.17, 15) is 9.18 Å². The highest BCUT2D eigenvalue weighted by Gasteiger charge is 2.38. The lowest BCUT2D eigenvalue weighted by molar-refractivity contribution is 0.0905. The molecule has 1 amide bonds. The Morgan fingerprint density at radius 2 is 2.05 bits per heavy atom. The van der Waals surface area contributed by atoms with Gasteiger partial charge in [0.1, 0.15) is 11.4 Å². The molecule has 0 heterocycles. The molecule has 1 saturated carbocycles. The van der Waals surface area contributed by atoms with Crippen LogP contribution in [-0.4, -0.2) is 22.5 Å². The predicted molar refractivity (Wildman–Crippen MR) is 78.1 cm³/mol. The van der Waals surface area contributed by atoms with Crippen LogP contribution in [0.25, 0.3) is 0 Å². The van der Waals surface area contributed by atoms with Crippen molar-refractivity contribution >= 4 is 23.3 Å². The summed E-state index contributed by atoms with van der Waals surface area (Å²) in [6.45, 7) is 0. The first-order chi connectivity index (χ1) is 10.00. The monoisotopic (exact) mass is 313 g/mol. The molecular weight excluding hydrogens is 297 g/mol. The van der Waals surface area contributed by atoms with Gasteiger partial charge in [-0.1, -0.05) is 42.1 Å². The number of nitrogens with zero attached hydrogens (tertiary/aromatic N) is 1. The fourth-order valence-corrected chi connectivity index (χ4v) is 2.87. The van der Waals surface area contributed by atoms with Gasteiger partial charge < -0.3 is 16.3 Å². The second-order valence-corrected chi connectivity index (χ2v) is 5.56. The molecule has 4 N–H and O–H groups in total. The predicted octanol–water partition coefficient (Wildman–Crippen LogP) is 2.66. The Hall–Kier alpha value is -1.82. The van der Waals surface area contributed by atoms with Crippen molar-refractivity contribution in [3.8, 4) is 0 Å². The van der Waals surface area contributed by atoms with Crippen molar-refractivity contribution in [1.29, 1.82) is 0 Å². The van der Waals surface area contributed by atoms with Crippen LogP contribution in [0.4, 0.5) is 4.39 Å². The van der Waals surface area contributed by atoms with E-state index in [-0.39, 0.29) is 16.4 Å². The van der Waals surface area contributed by atoms with Gasteiger partial charge in [-0.15, -0.1) is 0 Å². The van der Waals surface area contributed by atoms with Crippen LogP contribution in [0.5, 0.6) is 0 Å². The SMILES string of the molecule is N/C(=N/O)C1(NC(=O)c2cccc(F)c2Cl)CCCCC1. The van der Waals surface area contributed by atoms with Gasteiger partial charge >= 0.3 is 0 Å². The fourth-order valence-electron chi connectivity index (χ4n) is 2.66. The van der Waals surface area contributed by atoms with E-state index < -0.39 is 17.3 Å². The Morgan fingerprint density at radius 3 is 2.67 bits per heavy atom. The molecule has 1 fully saturated rings. The van der Waals surface area contributed by atoms with E-state index in [1.165, 1.54) is 18.2 Å². The number of amides is 1. The summed E-state index contributed by atoms with van der Waals surface area (Å²) < 4.78 is 13.4. The molecule has 114 valence electrons. The Morgan fingerprint density at radius 1 is 1.38 bits per heavy atom. The highest BCUT2D eigenvalue weighted by atomic mass is 35.5. The quantitative estimate of drug-likeness (QED) is 0.347. The van der Waals surface area contributed by atoms with Gasteiger partial charge in [-0.05, 0) is 25.0 Å². The average Bonchev–Trinajstić information content (AvgIpc) is 2.50. The Kier molecular flexibility index (Phi) is 4.67. The maximum Gasteiger partial charge on any atom is 0.253 e. The summed E-state index contributed by atoms with van der Waals surface area (Å²) in [5.41, 5.74) is 4.89. The molecule has 1 aliphatic rings. The number of hydrogen-bond acceptors (Lipinski definition) is 3. The zero-order valence-electron chi connectivity index (χ0n) is 11.4. The number of benzene rings is 1. The van der Waals surface area contributed by atoms with Gasteiger partial charge in [0.2, 0.25) is 0 Å². The van der Waals surface area contributed by atoms with Gasteiger partial charge in [0.05, 0.1) is 10.6 Å². The smallest absolute Gasteiger partial charge is 0.253 e. The van der Waals surface area contributed by atoms with Gasteiger partial charge in [0, 0.05) is 0 Å². The standard InChI is InChI=1S/C14H17ClFN3O2/c15-11-9(5-4-6-10(11)16)12(20)18-14(13(17)19-21)7-2-1-3-8-14/h4-6,21H,1-3,7-8H2,(H2,17,19)(H,18,20). The van der Waals surface area contributed by atoms with E-state index in [2.05, 4.69) is 10.5 Å². The van der Waals surface area contributed by atoms with Gasteiger partial charge in [0.25, 0.3) is 5.91 Å². The van der Waals surface area contributed by atoms with Crippen molar-refractivity contribution in [2.24, 2.45) is 10.9 Å². The molecule has 0 radical (unpaired) electrons. The van der Waals surface area contributed by atoms with Crippen LogP contribution >= 0.6 is 11.6 Å². The molecule has 21 heavy (non-hydrogen) atoms. The highest BCUT2D eigenvalue weighted by molar-refractivity contribution is 6.34. The molecule has 0 aromatic heterocycles. The highest BCUT2D eigenvalue weighted by Crippen LogP contribution is 2.29. The summed E-state index contributed by atoms with van der Waals surface area (Å²) in [4.78, 5) is 12.4. The minimum Gasteiger partial charge on any atom is -0.409 e. The summed E-state index contributed by atoms with van der Waals surface area (Å²) in [5.74, 6) is -1.23. The zero-order valence-corrected chi connectivity index (χ0v) is 12.2. The summed E-state index contributed by atoms with van der Waals surface area (Å²) in [5, 5.41) is 14.5. The molecule has 1 aliphatic carbocycles. The lowest BCUT2D eigenvalue weighted by atomic mass is 9.80. The van der Waals surface area contributed by atoms with Crippen molar-refractivity contribution in [2.75, 3.05) is 0 Å². The van der Waals surface area contributed by atoms with E-state index in [0.29, 0.717) is 12.8 Å². The number of rotatable bonds is 3. The largest absolute Gasteiger partial charge is 0.409 e. The maximum atomic E-state index is 13.4. The minimum absolute atomic E-state index is 0.0346. The van der Waals surface area contributed by atoms with Crippen molar-refractivity contribution in [1.82, 2.24) is 5.32 Å². The maximum absolute atomic E-state index is 13.4. The van der Waals surface area contributed by atoms with Crippen molar-refractivity contribution < 1.29 is 14.4 Å². The number of carbonyl (C=O) groups is 1. The lowest BCUT2D eigenvalue weighted by Crippen LogP contribution is -2.58. The number of nitrogens with one attached hydrogen (secondary N) is 1. The van der Waals surface area contributed by atoms with Gasteiger partial charge in [-0.2, -0.15) is 0 Å². The molecular formula is C14H17ClFN3O2. The van der Waals surface area contributed by atoms with Gasteiger partial charge in [0.15, 0.2) is 5.84 Å². The molecule has 0 unspecified atom stereocenters. The Balaban J connectivity index is 2.28. The topological polar surface area (TPSA) is 87.7 Å². The molecule has 2 rings (SSSR count). The molecule has 0 saturated heterocycles. The molecule has 0 spiro atoms. The first-order valence-electron chi connectivity index (χ1n) is 6.75. The summed E-state index contributed by atoms with van der Waals surface area (Å²) in [6, 6.07) is 4.02. The number of halogens is 2.